The van der Waals surface area contributed by atoms with Crippen molar-refractivity contribution in [3.05, 3.63) is 129 Å². The summed E-state index contributed by atoms with van der Waals surface area (Å²) in [7, 11) is 1.38. The molecule has 0 radical (unpaired) electrons. The zero-order valence-electron chi connectivity index (χ0n) is 19.7. The Hall–Kier alpha value is -4.01. The van der Waals surface area contributed by atoms with Crippen LogP contribution >= 0.6 is 22.9 Å². The van der Waals surface area contributed by atoms with Gasteiger partial charge >= 0.3 is 5.69 Å². The second kappa shape index (κ2) is 9.14. The van der Waals surface area contributed by atoms with Crippen molar-refractivity contribution < 1.29 is 9.66 Å². The highest BCUT2D eigenvalue weighted by Gasteiger charge is 2.33. The fourth-order valence-electron chi connectivity index (χ4n) is 5.09. The second-order valence-corrected chi connectivity index (χ2v) is 10.2. The SMILES string of the molecule is COc1ccc(C=c2sc3n(c2=O)C(c2ccccc2Cl)C2=C(N=3)c3ccccc3CC2)cc1[N+](=O)[O-]. The maximum Gasteiger partial charge on any atom is 0.311 e. The number of nitro benzene ring substituents is 1. The van der Waals surface area contributed by atoms with Gasteiger partial charge in [0.2, 0.25) is 0 Å². The number of methoxy groups -OCH3 is 1. The van der Waals surface area contributed by atoms with E-state index in [0.717, 1.165) is 35.2 Å². The first kappa shape index (κ1) is 23.4. The minimum atomic E-state index is -0.499. The molecule has 0 bridgehead atoms. The molecule has 0 fully saturated rings. The zero-order chi connectivity index (χ0) is 25.7. The molecule has 1 unspecified atom stereocenters. The van der Waals surface area contributed by atoms with Gasteiger partial charge in [0.1, 0.15) is 0 Å². The summed E-state index contributed by atoms with van der Waals surface area (Å²) in [5.74, 6) is 0.161. The zero-order valence-corrected chi connectivity index (χ0v) is 21.3. The Morgan fingerprint density at radius 2 is 1.92 bits per heavy atom. The van der Waals surface area contributed by atoms with E-state index in [1.54, 1.807) is 16.7 Å². The van der Waals surface area contributed by atoms with Gasteiger partial charge in [-0.2, -0.15) is 0 Å². The molecule has 3 aromatic carbocycles. The number of ether oxygens (including phenoxy) is 1. The summed E-state index contributed by atoms with van der Waals surface area (Å²) in [5, 5.41) is 12.1. The largest absolute Gasteiger partial charge is 0.490 e. The van der Waals surface area contributed by atoms with E-state index in [9.17, 15) is 14.9 Å². The number of allylic oxidation sites excluding steroid dienone is 1. The highest BCUT2D eigenvalue weighted by molar-refractivity contribution is 7.07. The van der Waals surface area contributed by atoms with E-state index in [2.05, 4.69) is 12.1 Å². The third kappa shape index (κ3) is 3.89. The van der Waals surface area contributed by atoms with Gasteiger partial charge < -0.3 is 4.74 Å². The topological polar surface area (TPSA) is 86.7 Å². The first-order valence-electron chi connectivity index (χ1n) is 11.7. The molecule has 4 aromatic rings. The van der Waals surface area contributed by atoms with Gasteiger partial charge in [-0.1, -0.05) is 71.5 Å². The van der Waals surface area contributed by atoms with Gasteiger partial charge in [-0.25, -0.2) is 4.99 Å². The van der Waals surface area contributed by atoms with Crippen molar-refractivity contribution in [3.63, 3.8) is 0 Å². The lowest BCUT2D eigenvalue weighted by Crippen LogP contribution is -2.38. The molecule has 1 aliphatic carbocycles. The molecule has 2 aliphatic rings. The van der Waals surface area contributed by atoms with Gasteiger partial charge in [-0.05, 0) is 53.3 Å². The lowest BCUT2D eigenvalue weighted by atomic mass is 9.83. The summed E-state index contributed by atoms with van der Waals surface area (Å²) < 4.78 is 7.25. The van der Waals surface area contributed by atoms with E-state index in [1.165, 1.54) is 36.1 Å². The van der Waals surface area contributed by atoms with Crippen molar-refractivity contribution in [3.8, 4) is 5.75 Å². The van der Waals surface area contributed by atoms with E-state index in [0.29, 0.717) is 19.9 Å². The average Bonchev–Trinajstić information content (AvgIpc) is 3.22. The van der Waals surface area contributed by atoms with E-state index in [4.69, 9.17) is 21.3 Å². The molecule has 9 heteroatoms. The van der Waals surface area contributed by atoms with Crippen LogP contribution in [0.4, 0.5) is 5.69 Å². The number of thiazole rings is 1. The predicted octanol–water partition coefficient (Wildman–Crippen LogP) is 4.89. The summed E-state index contributed by atoms with van der Waals surface area (Å²) in [4.78, 5) is 30.4. The van der Waals surface area contributed by atoms with Gasteiger partial charge in [0.15, 0.2) is 10.6 Å². The molecule has 6 rings (SSSR count). The van der Waals surface area contributed by atoms with E-state index >= 15 is 0 Å². The van der Waals surface area contributed by atoms with Crippen molar-refractivity contribution in [1.82, 2.24) is 4.57 Å². The highest BCUT2D eigenvalue weighted by atomic mass is 35.5. The lowest BCUT2D eigenvalue weighted by molar-refractivity contribution is -0.385. The molecule has 0 N–H and O–H groups in total. The van der Waals surface area contributed by atoms with Gasteiger partial charge in [-0.3, -0.25) is 19.5 Å². The summed E-state index contributed by atoms with van der Waals surface area (Å²) in [6, 6.07) is 20.0. The molecule has 0 saturated heterocycles. The summed E-state index contributed by atoms with van der Waals surface area (Å²) in [6.45, 7) is 0. The molecule has 0 amide bonds. The minimum absolute atomic E-state index is 0.161. The van der Waals surface area contributed by atoms with E-state index < -0.39 is 4.92 Å². The van der Waals surface area contributed by atoms with Gasteiger partial charge in [0, 0.05) is 16.7 Å². The standard InChI is InChI=1S/C28H20ClN3O4S/c1-36-23-13-10-16(14-22(23)32(34)35)15-24-27(33)31-26(19-8-4-5-9-21(19)29)20-12-11-17-6-2-3-7-18(17)25(20)30-28(31)37-24/h2-10,13-15,26H,11-12H2,1H3. The van der Waals surface area contributed by atoms with Crippen LogP contribution in [0.3, 0.4) is 0 Å². The van der Waals surface area contributed by atoms with Crippen LogP contribution in [0.15, 0.2) is 82.1 Å². The van der Waals surface area contributed by atoms with Crippen LogP contribution < -0.4 is 19.6 Å². The Bertz CT molecular complexity index is 1800. The fourth-order valence-corrected chi connectivity index (χ4v) is 6.33. The number of aryl methyl sites for hydroxylation is 1. The Morgan fingerprint density at radius 1 is 1.14 bits per heavy atom. The summed E-state index contributed by atoms with van der Waals surface area (Å²) >= 11 is 7.94. The molecule has 0 saturated carbocycles. The predicted molar refractivity (Wildman–Crippen MR) is 144 cm³/mol. The molecule has 1 aromatic heterocycles. The lowest BCUT2D eigenvalue weighted by Gasteiger charge is -2.31. The van der Waals surface area contributed by atoms with E-state index in [1.807, 2.05) is 36.4 Å². The quantitative estimate of drug-likeness (QED) is 0.278. The van der Waals surface area contributed by atoms with Gasteiger partial charge in [0.05, 0.1) is 28.3 Å². The Balaban J connectivity index is 1.60. The minimum Gasteiger partial charge on any atom is -0.490 e. The second-order valence-electron chi connectivity index (χ2n) is 8.82. The molecule has 1 atom stereocenters. The van der Waals surface area contributed by atoms with E-state index in [-0.39, 0.29) is 23.0 Å². The van der Waals surface area contributed by atoms with Crippen molar-refractivity contribution in [2.24, 2.45) is 4.99 Å². The first-order chi connectivity index (χ1) is 18.0. The number of halogens is 1. The van der Waals surface area contributed by atoms with Crippen molar-refractivity contribution >= 4 is 40.4 Å². The number of nitrogens with zero attached hydrogens (tertiary/aromatic N) is 3. The summed E-state index contributed by atoms with van der Waals surface area (Å²) in [5.41, 5.74) is 5.25. The molecule has 1 aliphatic heterocycles. The van der Waals surface area contributed by atoms with Crippen LogP contribution in [-0.4, -0.2) is 16.6 Å². The monoisotopic (exact) mass is 529 g/mol. The normalized spacial score (nSPS) is 16.5. The van der Waals surface area contributed by atoms with Crippen LogP contribution in [-0.2, 0) is 6.42 Å². The maximum atomic E-state index is 13.8. The number of aromatic nitrogens is 1. The Kier molecular flexibility index (Phi) is 5.78. The number of fused-ring (bicyclic) bond motifs is 3. The third-order valence-electron chi connectivity index (χ3n) is 6.77. The number of nitro groups is 1. The molecule has 0 spiro atoms. The van der Waals surface area contributed by atoms with Crippen molar-refractivity contribution in [2.45, 2.75) is 18.9 Å². The molecular formula is C28H20ClN3O4S. The van der Waals surface area contributed by atoms with Crippen molar-refractivity contribution in [2.75, 3.05) is 7.11 Å². The van der Waals surface area contributed by atoms with Crippen LogP contribution in [0, 0.1) is 10.1 Å². The van der Waals surface area contributed by atoms with Crippen molar-refractivity contribution in [1.29, 1.82) is 0 Å². The first-order valence-corrected chi connectivity index (χ1v) is 12.9. The molecular weight excluding hydrogens is 510 g/mol. The van der Waals surface area contributed by atoms with Crippen LogP contribution in [0.25, 0.3) is 11.8 Å². The average molecular weight is 530 g/mol. The summed E-state index contributed by atoms with van der Waals surface area (Å²) in [6.07, 6.45) is 3.28. The Morgan fingerprint density at radius 3 is 2.70 bits per heavy atom. The molecule has 37 heavy (non-hydrogen) atoms. The third-order valence-corrected chi connectivity index (χ3v) is 8.10. The molecule has 2 heterocycles. The maximum absolute atomic E-state index is 13.8. The van der Waals surface area contributed by atoms with Crippen LogP contribution in [0.1, 0.15) is 34.7 Å². The van der Waals surface area contributed by atoms with Gasteiger partial charge in [-0.15, -0.1) is 0 Å². The van der Waals surface area contributed by atoms with Crippen LogP contribution in [0.5, 0.6) is 5.75 Å². The van der Waals surface area contributed by atoms with Crippen LogP contribution in [0.2, 0.25) is 5.02 Å². The smallest absolute Gasteiger partial charge is 0.311 e. The van der Waals surface area contributed by atoms with Gasteiger partial charge in [0.25, 0.3) is 5.56 Å². The fraction of sp³-hybridized carbons (Fsp3) is 0.143. The Labute approximate surface area is 220 Å². The highest BCUT2D eigenvalue weighted by Crippen LogP contribution is 2.42. The number of hydrogen-bond acceptors (Lipinski definition) is 6. The number of hydrogen-bond donors (Lipinski definition) is 0. The number of benzene rings is 3. The molecule has 7 nitrogen and oxygen atoms in total. The number of rotatable bonds is 4. The molecule has 184 valence electrons.